The van der Waals surface area contributed by atoms with E-state index in [2.05, 4.69) is 15.1 Å². The van der Waals surface area contributed by atoms with Crippen molar-refractivity contribution < 1.29 is 4.74 Å². The minimum atomic E-state index is -0.132. The van der Waals surface area contributed by atoms with E-state index in [4.69, 9.17) is 4.74 Å². The molecule has 0 aliphatic heterocycles. The van der Waals surface area contributed by atoms with Crippen LogP contribution in [0.4, 0.5) is 5.13 Å². The van der Waals surface area contributed by atoms with Gasteiger partial charge in [0.05, 0.1) is 28.6 Å². The second-order valence-corrected chi connectivity index (χ2v) is 7.66. The third kappa shape index (κ3) is 3.25. The van der Waals surface area contributed by atoms with E-state index in [1.165, 1.54) is 16.9 Å². The second kappa shape index (κ2) is 7.09. The quantitative estimate of drug-likeness (QED) is 0.521. The summed E-state index contributed by atoms with van der Waals surface area (Å²) in [6, 6.07) is 11.6. The highest BCUT2D eigenvalue weighted by Crippen LogP contribution is 2.30. The number of benzene rings is 2. The number of aromatic nitrogens is 3. The van der Waals surface area contributed by atoms with Crippen LogP contribution >= 0.6 is 11.3 Å². The van der Waals surface area contributed by atoms with Gasteiger partial charge < -0.3 is 4.74 Å². The number of aliphatic imine (C=N–C) groups is 1. The van der Waals surface area contributed by atoms with Crippen LogP contribution in [0.3, 0.4) is 0 Å². The number of H-pyrrole nitrogens is 1. The summed E-state index contributed by atoms with van der Waals surface area (Å²) >= 11 is 1.46. The summed E-state index contributed by atoms with van der Waals surface area (Å²) in [5.41, 5.74) is 5.14. The van der Waals surface area contributed by atoms with Crippen molar-refractivity contribution >= 4 is 32.9 Å². The van der Waals surface area contributed by atoms with E-state index >= 15 is 0 Å². The molecule has 6 nitrogen and oxygen atoms in total. The molecule has 0 fully saturated rings. The smallest absolute Gasteiger partial charge is 0.280 e. The average Bonchev–Trinajstić information content (AvgIpc) is 3.22. The fraction of sp³-hybridized carbons (Fsp3) is 0.190. The normalized spacial score (nSPS) is 11.6. The lowest BCUT2D eigenvalue weighted by molar-refractivity contribution is 0.415. The summed E-state index contributed by atoms with van der Waals surface area (Å²) in [6.45, 7) is 5.95. The molecule has 2 heterocycles. The number of thiazole rings is 1. The van der Waals surface area contributed by atoms with E-state index in [9.17, 15) is 4.79 Å². The Balaban J connectivity index is 1.69. The van der Waals surface area contributed by atoms with Crippen molar-refractivity contribution in [3.63, 3.8) is 0 Å². The minimum absolute atomic E-state index is 0.132. The van der Waals surface area contributed by atoms with Crippen LogP contribution in [0.15, 0.2) is 46.2 Å². The number of aromatic amines is 1. The Labute approximate surface area is 166 Å². The first-order chi connectivity index (χ1) is 13.5. The zero-order valence-electron chi connectivity index (χ0n) is 16.1. The van der Waals surface area contributed by atoms with Crippen LogP contribution in [-0.4, -0.2) is 28.1 Å². The summed E-state index contributed by atoms with van der Waals surface area (Å²) in [4.78, 5) is 21.8. The van der Waals surface area contributed by atoms with Crippen LogP contribution in [0.25, 0.3) is 15.9 Å². The molecule has 0 saturated heterocycles. The molecule has 0 aliphatic carbocycles. The van der Waals surface area contributed by atoms with Gasteiger partial charge in [-0.05, 0) is 62.2 Å². The Hall–Kier alpha value is -3.19. The largest absolute Gasteiger partial charge is 0.497 e. The zero-order valence-corrected chi connectivity index (χ0v) is 16.9. The molecule has 0 bridgehead atoms. The summed E-state index contributed by atoms with van der Waals surface area (Å²) in [5, 5.41) is 3.73. The maximum absolute atomic E-state index is 12.9. The van der Waals surface area contributed by atoms with Gasteiger partial charge in [0.15, 0.2) is 0 Å². The molecule has 2 aromatic carbocycles. The van der Waals surface area contributed by atoms with Gasteiger partial charge in [-0.3, -0.25) is 9.89 Å². The molecule has 0 aliphatic rings. The molecule has 4 rings (SSSR count). The molecule has 0 atom stereocenters. The van der Waals surface area contributed by atoms with Crippen molar-refractivity contribution in [1.82, 2.24) is 14.8 Å². The number of methoxy groups -OCH3 is 1. The fourth-order valence-electron chi connectivity index (χ4n) is 2.95. The van der Waals surface area contributed by atoms with E-state index in [1.807, 2.05) is 57.2 Å². The summed E-state index contributed by atoms with van der Waals surface area (Å²) in [7, 11) is 1.64. The van der Waals surface area contributed by atoms with E-state index in [1.54, 1.807) is 18.0 Å². The van der Waals surface area contributed by atoms with Crippen molar-refractivity contribution in [2.75, 3.05) is 7.11 Å². The van der Waals surface area contributed by atoms with Crippen molar-refractivity contribution in [1.29, 1.82) is 0 Å². The lowest BCUT2D eigenvalue weighted by Gasteiger charge is -2.05. The molecule has 0 spiro atoms. The molecule has 7 heteroatoms. The first kappa shape index (κ1) is 18.2. The SMILES string of the molecule is COc1ccc2nc(N=Cc3c(C)[nH]n(-c4ccc(C)c(C)c4)c3=O)sc2c1. The van der Waals surface area contributed by atoms with Gasteiger partial charge in [-0.2, -0.15) is 0 Å². The van der Waals surface area contributed by atoms with E-state index in [0.29, 0.717) is 10.7 Å². The number of fused-ring (bicyclic) bond motifs is 1. The van der Waals surface area contributed by atoms with Gasteiger partial charge in [0, 0.05) is 11.9 Å². The Morgan fingerprint density at radius 3 is 2.71 bits per heavy atom. The highest BCUT2D eigenvalue weighted by Gasteiger charge is 2.12. The van der Waals surface area contributed by atoms with Crippen LogP contribution in [0.2, 0.25) is 0 Å². The maximum Gasteiger partial charge on any atom is 0.280 e. The van der Waals surface area contributed by atoms with Crippen LogP contribution in [0.1, 0.15) is 22.4 Å². The zero-order chi connectivity index (χ0) is 19.8. The van der Waals surface area contributed by atoms with Crippen LogP contribution in [0.5, 0.6) is 5.75 Å². The fourth-order valence-corrected chi connectivity index (χ4v) is 3.79. The molecule has 0 unspecified atom stereocenters. The molecule has 0 amide bonds. The molecule has 28 heavy (non-hydrogen) atoms. The highest BCUT2D eigenvalue weighted by molar-refractivity contribution is 7.22. The Kier molecular flexibility index (Phi) is 4.60. The molecular weight excluding hydrogens is 372 g/mol. The molecule has 4 aromatic rings. The monoisotopic (exact) mass is 392 g/mol. The molecule has 0 saturated carbocycles. The number of hydrogen-bond donors (Lipinski definition) is 1. The summed E-state index contributed by atoms with van der Waals surface area (Å²) < 4.78 is 7.78. The van der Waals surface area contributed by atoms with Crippen molar-refractivity contribution in [2.24, 2.45) is 4.99 Å². The van der Waals surface area contributed by atoms with Crippen molar-refractivity contribution in [2.45, 2.75) is 20.8 Å². The highest BCUT2D eigenvalue weighted by atomic mass is 32.1. The van der Waals surface area contributed by atoms with Gasteiger partial charge in [0.1, 0.15) is 5.75 Å². The second-order valence-electron chi connectivity index (χ2n) is 6.65. The Morgan fingerprint density at radius 2 is 1.96 bits per heavy atom. The maximum atomic E-state index is 12.9. The lowest BCUT2D eigenvalue weighted by atomic mass is 10.1. The van der Waals surface area contributed by atoms with Crippen molar-refractivity contribution in [3.8, 4) is 11.4 Å². The first-order valence-corrected chi connectivity index (χ1v) is 9.66. The summed E-state index contributed by atoms with van der Waals surface area (Å²) in [5.74, 6) is 0.782. The van der Waals surface area contributed by atoms with Gasteiger partial charge in [0.25, 0.3) is 5.56 Å². The molecular formula is C21H20N4O2S. The van der Waals surface area contributed by atoms with Gasteiger partial charge in [0.2, 0.25) is 5.13 Å². The minimum Gasteiger partial charge on any atom is -0.497 e. The third-order valence-corrected chi connectivity index (χ3v) is 5.68. The van der Waals surface area contributed by atoms with E-state index in [0.717, 1.165) is 32.9 Å². The number of hydrogen-bond acceptors (Lipinski definition) is 5. The standard InChI is InChI=1S/C21H20N4O2S/c1-12-5-6-15(9-13(12)2)25-20(26)17(14(3)24-25)11-22-21-23-18-8-7-16(27-4)10-19(18)28-21/h5-11,24H,1-4H3. The molecule has 2 aromatic heterocycles. The van der Waals surface area contributed by atoms with Crippen LogP contribution in [-0.2, 0) is 0 Å². The Morgan fingerprint density at radius 1 is 1.14 bits per heavy atom. The first-order valence-electron chi connectivity index (χ1n) is 8.84. The van der Waals surface area contributed by atoms with Gasteiger partial charge >= 0.3 is 0 Å². The van der Waals surface area contributed by atoms with Crippen LogP contribution < -0.4 is 10.3 Å². The van der Waals surface area contributed by atoms with Gasteiger partial charge in [-0.1, -0.05) is 17.4 Å². The summed E-state index contributed by atoms with van der Waals surface area (Å²) in [6.07, 6.45) is 1.58. The topological polar surface area (TPSA) is 72.3 Å². The van der Waals surface area contributed by atoms with E-state index in [-0.39, 0.29) is 5.56 Å². The number of aryl methyl sites for hydroxylation is 3. The average molecular weight is 392 g/mol. The number of nitrogens with zero attached hydrogens (tertiary/aromatic N) is 3. The lowest BCUT2D eigenvalue weighted by Crippen LogP contribution is -2.17. The Bertz CT molecular complexity index is 1260. The van der Waals surface area contributed by atoms with Crippen LogP contribution in [0, 0.1) is 20.8 Å². The predicted molar refractivity (Wildman–Crippen MR) is 114 cm³/mol. The number of nitrogens with one attached hydrogen (secondary N) is 1. The number of rotatable bonds is 4. The van der Waals surface area contributed by atoms with Gasteiger partial charge in [-0.25, -0.2) is 14.7 Å². The third-order valence-electron chi connectivity index (χ3n) is 4.75. The molecule has 1 N–H and O–H groups in total. The van der Waals surface area contributed by atoms with E-state index < -0.39 is 0 Å². The van der Waals surface area contributed by atoms with Crippen molar-refractivity contribution in [3.05, 3.63) is 69.1 Å². The predicted octanol–water partition coefficient (Wildman–Crippen LogP) is 4.46. The number of ether oxygens (including phenoxy) is 1. The van der Waals surface area contributed by atoms with Gasteiger partial charge in [-0.15, -0.1) is 0 Å². The molecule has 142 valence electrons. The molecule has 0 radical (unpaired) electrons.